The topological polar surface area (TPSA) is 32.3 Å². The van der Waals surface area contributed by atoms with Crippen LogP contribution in [0.1, 0.15) is 73.1 Å². The third-order valence-corrected chi connectivity index (χ3v) is 5.24. The number of carbonyl (C=O) groups excluding carboxylic acids is 1. The third-order valence-electron chi connectivity index (χ3n) is 5.24. The Bertz CT molecular complexity index is 353. The molecule has 4 atom stereocenters. The average molecular weight is 294 g/mol. The smallest absolute Gasteiger partial charge is 0.241 e. The van der Waals surface area contributed by atoms with Gasteiger partial charge < -0.3 is 4.90 Å². The fourth-order valence-corrected chi connectivity index (χ4v) is 4.09. The van der Waals surface area contributed by atoms with E-state index >= 15 is 0 Å². The van der Waals surface area contributed by atoms with E-state index in [9.17, 15) is 4.79 Å². The molecule has 1 aliphatic heterocycles. The van der Waals surface area contributed by atoms with E-state index in [1.165, 1.54) is 32.1 Å². The van der Waals surface area contributed by atoms with Gasteiger partial charge in [0.15, 0.2) is 0 Å². The summed E-state index contributed by atoms with van der Waals surface area (Å²) in [6.07, 6.45) is 7.58. The van der Waals surface area contributed by atoms with Crippen molar-refractivity contribution in [3.63, 3.8) is 0 Å². The molecule has 1 saturated heterocycles. The van der Waals surface area contributed by atoms with Gasteiger partial charge in [-0.1, -0.05) is 53.9 Å². The fraction of sp³-hybridized carbons (Fsp3) is 0.944. The van der Waals surface area contributed by atoms with Gasteiger partial charge in [-0.2, -0.15) is 0 Å². The Morgan fingerprint density at radius 3 is 2.43 bits per heavy atom. The standard InChI is InChI=1S/C18H34N2O/c1-12(2)11-15-18(21)20(17(19-15)13(3)4)16-10-8-6-7-9-14(16)5/h12-17,19H,6-11H2,1-5H3. The molecule has 3 heteroatoms. The highest BCUT2D eigenvalue weighted by molar-refractivity contribution is 5.84. The Kier molecular flexibility index (Phi) is 5.70. The van der Waals surface area contributed by atoms with Crippen molar-refractivity contribution < 1.29 is 4.79 Å². The third kappa shape index (κ3) is 3.80. The normalized spacial score (nSPS) is 34.8. The first-order valence-corrected chi connectivity index (χ1v) is 9.00. The summed E-state index contributed by atoms with van der Waals surface area (Å²) in [6.45, 7) is 11.2. The second-order valence-corrected chi connectivity index (χ2v) is 7.97. The second kappa shape index (κ2) is 7.13. The van der Waals surface area contributed by atoms with Crippen molar-refractivity contribution >= 4 is 5.91 Å². The van der Waals surface area contributed by atoms with Crippen LogP contribution in [0.4, 0.5) is 0 Å². The van der Waals surface area contributed by atoms with Gasteiger partial charge in [-0.15, -0.1) is 0 Å². The molecular formula is C18H34N2O. The van der Waals surface area contributed by atoms with E-state index in [-0.39, 0.29) is 12.2 Å². The molecule has 0 aromatic carbocycles. The van der Waals surface area contributed by atoms with Crippen LogP contribution in [0.25, 0.3) is 0 Å². The predicted molar refractivity (Wildman–Crippen MR) is 87.9 cm³/mol. The van der Waals surface area contributed by atoms with Crippen LogP contribution in [-0.4, -0.2) is 29.1 Å². The van der Waals surface area contributed by atoms with Crippen molar-refractivity contribution in [3.05, 3.63) is 0 Å². The van der Waals surface area contributed by atoms with Gasteiger partial charge >= 0.3 is 0 Å². The summed E-state index contributed by atoms with van der Waals surface area (Å²) in [7, 11) is 0. The molecule has 0 bridgehead atoms. The van der Waals surface area contributed by atoms with Gasteiger partial charge in [-0.3, -0.25) is 10.1 Å². The van der Waals surface area contributed by atoms with Crippen molar-refractivity contribution in [1.82, 2.24) is 10.2 Å². The van der Waals surface area contributed by atoms with Gasteiger partial charge in [0.1, 0.15) is 0 Å². The zero-order chi connectivity index (χ0) is 15.6. The van der Waals surface area contributed by atoms with Crippen molar-refractivity contribution in [2.75, 3.05) is 0 Å². The summed E-state index contributed by atoms with van der Waals surface area (Å²) in [5.74, 6) is 2.03. The SMILES string of the molecule is CC(C)CC1NC(C(C)C)N(C2CCCCCC2C)C1=O. The summed E-state index contributed by atoms with van der Waals surface area (Å²) < 4.78 is 0. The van der Waals surface area contributed by atoms with E-state index in [1.54, 1.807) is 0 Å². The molecule has 0 radical (unpaired) electrons. The van der Waals surface area contributed by atoms with Crippen molar-refractivity contribution in [2.45, 2.75) is 91.4 Å². The van der Waals surface area contributed by atoms with Crippen LogP contribution in [0.5, 0.6) is 0 Å². The molecule has 0 aromatic heterocycles. The first-order chi connectivity index (χ1) is 9.91. The summed E-state index contributed by atoms with van der Waals surface area (Å²) in [6, 6.07) is 0.477. The number of hydrogen-bond acceptors (Lipinski definition) is 2. The molecule has 0 aromatic rings. The first-order valence-electron chi connectivity index (χ1n) is 9.00. The molecular weight excluding hydrogens is 260 g/mol. The maximum atomic E-state index is 13.0. The van der Waals surface area contributed by atoms with Gasteiger partial charge in [0.05, 0.1) is 12.2 Å². The molecule has 1 heterocycles. The molecule has 2 fully saturated rings. The molecule has 2 aliphatic rings. The molecule has 122 valence electrons. The second-order valence-electron chi connectivity index (χ2n) is 7.97. The minimum Gasteiger partial charge on any atom is -0.322 e. The number of amides is 1. The number of hydrogen-bond donors (Lipinski definition) is 1. The van der Waals surface area contributed by atoms with E-state index in [0.29, 0.717) is 29.7 Å². The Labute approximate surface area is 130 Å². The van der Waals surface area contributed by atoms with Crippen LogP contribution in [-0.2, 0) is 4.79 Å². The van der Waals surface area contributed by atoms with Crippen molar-refractivity contribution in [3.8, 4) is 0 Å². The molecule has 1 N–H and O–H groups in total. The molecule has 1 saturated carbocycles. The van der Waals surface area contributed by atoms with Crippen LogP contribution in [0.15, 0.2) is 0 Å². The van der Waals surface area contributed by atoms with Crippen LogP contribution in [0.2, 0.25) is 0 Å². The van der Waals surface area contributed by atoms with Crippen molar-refractivity contribution in [1.29, 1.82) is 0 Å². The van der Waals surface area contributed by atoms with Crippen LogP contribution in [0.3, 0.4) is 0 Å². The lowest BCUT2D eigenvalue weighted by molar-refractivity contribution is -0.134. The lowest BCUT2D eigenvalue weighted by Crippen LogP contribution is -2.49. The lowest BCUT2D eigenvalue weighted by atomic mass is 9.93. The highest BCUT2D eigenvalue weighted by atomic mass is 16.2. The van der Waals surface area contributed by atoms with E-state index in [1.807, 2.05) is 0 Å². The number of carbonyl (C=O) groups is 1. The molecule has 3 nitrogen and oxygen atoms in total. The highest BCUT2D eigenvalue weighted by Crippen LogP contribution is 2.33. The monoisotopic (exact) mass is 294 g/mol. The minimum absolute atomic E-state index is 0.0350. The minimum atomic E-state index is 0.0350. The summed E-state index contributed by atoms with van der Waals surface area (Å²) in [5, 5.41) is 3.64. The van der Waals surface area contributed by atoms with E-state index < -0.39 is 0 Å². The molecule has 4 unspecified atom stereocenters. The van der Waals surface area contributed by atoms with Gasteiger partial charge in [0.2, 0.25) is 5.91 Å². The zero-order valence-corrected chi connectivity index (χ0v) is 14.6. The number of rotatable bonds is 4. The lowest BCUT2D eigenvalue weighted by Gasteiger charge is -2.37. The maximum absolute atomic E-state index is 13.0. The number of nitrogens with zero attached hydrogens (tertiary/aromatic N) is 1. The van der Waals surface area contributed by atoms with E-state index in [2.05, 4.69) is 44.8 Å². The summed E-state index contributed by atoms with van der Waals surface area (Å²) >= 11 is 0. The molecule has 0 spiro atoms. The quantitative estimate of drug-likeness (QED) is 0.800. The Hall–Kier alpha value is -0.570. The van der Waals surface area contributed by atoms with Gasteiger partial charge in [-0.05, 0) is 37.0 Å². The average Bonchev–Trinajstić information content (AvgIpc) is 2.58. The van der Waals surface area contributed by atoms with E-state index in [0.717, 1.165) is 6.42 Å². The largest absolute Gasteiger partial charge is 0.322 e. The van der Waals surface area contributed by atoms with Crippen LogP contribution >= 0.6 is 0 Å². The van der Waals surface area contributed by atoms with Gasteiger partial charge in [-0.25, -0.2) is 0 Å². The molecule has 1 aliphatic carbocycles. The Balaban J connectivity index is 2.18. The number of nitrogens with one attached hydrogen (secondary N) is 1. The Morgan fingerprint density at radius 1 is 1.14 bits per heavy atom. The Morgan fingerprint density at radius 2 is 1.81 bits per heavy atom. The van der Waals surface area contributed by atoms with Crippen molar-refractivity contribution in [2.24, 2.45) is 17.8 Å². The summed E-state index contributed by atoms with van der Waals surface area (Å²) in [4.78, 5) is 15.2. The summed E-state index contributed by atoms with van der Waals surface area (Å²) in [5.41, 5.74) is 0. The molecule has 2 rings (SSSR count). The predicted octanol–water partition coefficient (Wildman–Crippen LogP) is 3.78. The molecule has 21 heavy (non-hydrogen) atoms. The van der Waals surface area contributed by atoms with Crippen LogP contribution in [0, 0.1) is 17.8 Å². The zero-order valence-electron chi connectivity index (χ0n) is 14.6. The van der Waals surface area contributed by atoms with Gasteiger partial charge in [0.25, 0.3) is 0 Å². The molecule has 1 amide bonds. The fourth-order valence-electron chi connectivity index (χ4n) is 4.09. The van der Waals surface area contributed by atoms with E-state index in [4.69, 9.17) is 0 Å². The maximum Gasteiger partial charge on any atom is 0.241 e. The van der Waals surface area contributed by atoms with Crippen LogP contribution < -0.4 is 5.32 Å². The van der Waals surface area contributed by atoms with Gasteiger partial charge in [0, 0.05) is 6.04 Å². The first kappa shape index (κ1) is 16.8. The highest BCUT2D eigenvalue weighted by Gasteiger charge is 2.44.